The number of anilines is 2. The molecule has 0 unspecified atom stereocenters. The Balaban J connectivity index is 1.65. The van der Waals surface area contributed by atoms with Crippen molar-refractivity contribution in [3.63, 3.8) is 0 Å². The van der Waals surface area contributed by atoms with Gasteiger partial charge in [0.2, 0.25) is 5.95 Å². The van der Waals surface area contributed by atoms with Crippen molar-refractivity contribution in [3.8, 4) is 5.75 Å². The molecular formula is C18H17ClFN5OS. The van der Waals surface area contributed by atoms with E-state index in [0.29, 0.717) is 28.4 Å². The summed E-state index contributed by atoms with van der Waals surface area (Å²) in [5.41, 5.74) is 2.55. The Morgan fingerprint density at radius 3 is 2.81 bits per heavy atom. The molecule has 0 fully saturated rings. The highest BCUT2D eigenvalue weighted by molar-refractivity contribution is 7.80. The predicted octanol–water partition coefficient (Wildman–Crippen LogP) is 4.24. The summed E-state index contributed by atoms with van der Waals surface area (Å²) in [4.78, 5) is 4.17. The maximum atomic E-state index is 13.1. The first-order valence-electron chi connectivity index (χ1n) is 8.00. The fraction of sp³-hybridized carbons (Fsp3) is 0.167. The van der Waals surface area contributed by atoms with Gasteiger partial charge in [0.1, 0.15) is 17.9 Å². The minimum absolute atomic E-state index is 0.330. The lowest BCUT2D eigenvalue weighted by Gasteiger charge is -2.12. The summed E-state index contributed by atoms with van der Waals surface area (Å²) in [6.45, 7) is 2.34. The van der Waals surface area contributed by atoms with E-state index >= 15 is 0 Å². The summed E-state index contributed by atoms with van der Waals surface area (Å²) in [5.74, 6) is 0.624. The zero-order valence-electron chi connectivity index (χ0n) is 14.7. The first-order chi connectivity index (χ1) is 12.9. The number of nitrogens with zero attached hydrogens (tertiary/aromatic N) is 3. The van der Waals surface area contributed by atoms with Crippen molar-refractivity contribution in [3.05, 3.63) is 64.7 Å². The molecule has 1 heterocycles. The third-order valence-electron chi connectivity index (χ3n) is 3.71. The number of aromatic nitrogens is 3. The van der Waals surface area contributed by atoms with Crippen LogP contribution in [0.3, 0.4) is 0 Å². The number of methoxy groups -OCH3 is 1. The molecule has 0 saturated heterocycles. The van der Waals surface area contributed by atoms with E-state index in [4.69, 9.17) is 28.6 Å². The van der Waals surface area contributed by atoms with Crippen LogP contribution in [-0.4, -0.2) is 27.0 Å². The van der Waals surface area contributed by atoms with E-state index in [-0.39, 0.29) is 5.82 Å². The standard InChI is InChI=1S/C18H17ClFN5OS/c1-11-3-6-16(26-2)15(7-11)22-18(27)23-17-21-10-25(24-17)9-12-4-5-13(20)8-14(12)19/h3-8,10H,9H2,1-2H3,(H2,22,23,24,27). The largest absolute Gasteiger partial charge is 0.495 e. The van der Waals surface area contributed by atoms with Crippen LogP contribution in [0.5, 0.6) is 5.75 Å². The number of rotatable bonds is 5. The Labute approximate surface area is 166 Å². The Hall–Kier alpha value is -2.71. The predicted molar refractivity (Wildman–Crippen MR) is 108 cm³/mol. The summed E-state index contributed by atoms with van der Waals surface area (Å²) >= 11 is 11.4. The van der Waals surface area contributed by atoms with E-state index in [2.05, 4.69) is 20.7 Å². The van der Waals surface area contributed by atoms with Gasteiger partial charge in [-0.05, 0) is 54.5 Å². The molecule has 0 amide bonds. The van der Waals surface area contributed by atoms with Crippen molar-refractivity contribution >= 4 is 40.6 Å². The lowest BCUT2D eigenvalue weighted by molar-refractivity contribution is 0.417. The highest BCUT2D eigenvalue weighted by Gasteiger charge is 2.09. The van der Waals surface area contributed by atoms with Crippen LogP contribution >= 0.6 is 23.8 Å². The van der Waals surface area contributed by atoms with Gasteiger partial charge in [-0.3, -0.25) is 5.32 Å². The van der Waals surface area contributed by atoms with Crippen LogP contribution in [0.4, 0.5) is 16.0 Å². The van der Waals surface area contributed by atoms with Crippen molar-refractivity contribution in [1.29, 1.82) is 0 Å². The first-order valence-corrected chi connectivity index (χ1v) is 8.79. The quantitative estimate of drug-likeness (QED) is 0.619. The van der Waals surface area contributed by atoms with Crippen LogP contribution in [0.25, 0.3) is 0 Å². The Kier molecular flexibility index (Phi) is 5.88. The zero-order valence-corrected chi connectivity index (χ0v) is 16.2. The van der Waals surface area contributed by atoms with Crippen molar-refractivity contribution in [2.45, 2.75) is 13.5 Å². The van der Waals surface area contributed by atoms with Crippen LogP contribution in [0.2, 0.25) is 5.02 Å². The smallest absolute Gasteiger partial charge is 0.248 e. The molecule has 3 rings (SSSR count). The van der Waals surface area contributed by atoms with E-state index in [1.165, 1.54) is 18.5 Å². The number of nitrogens with one attached hydrogen (secondary N) is 2. The van der Waals surface area contributed by atoms with Gasteiger partial charge in [0.05, 0.1) is 19.3 Å². The van der Waals surface area contributed by atoms with Gasteiger partial charge in [-0.1, -0.05) is 23.7 Å². The second-order valence-corrected chi connectivity index (χ2v) is 6.60. The van der Waals surface area contributed by atoms with E-state index in [1.54, 1.807) is 17.9 Å². The molecule has 6 nitrogen and oxygen atoms in total. The van der Waals surface area contributed by atoms with Gasteiger partial charge in [0.25, 0.3) is 0 Å². The summed E-state index contributed by atoms with van der Waals surface area (Å²) in [6, 6.07) is 9.97. The third-order valence-corrected chi connectivity index (χ3v) is 4.27. The SMILES string of the molecule is COc1ccc(C)cc1NC(=S)Nc1ncn(Cc2ccc(F)cc2Cl)n1. The lowest BCUT2D eigenvalue weighted by Crippen LogP contribution is -2.20. The van der Waals surface area contributed by atoms with Gasteiger partial charge in [-0.25, -0.2) is 14.1 Å². The molecule has 0 spiro atoms. The lowest BCUT2D eigenvalue weighted by atomic mass is 10.2. The molecule has 9 heteroatoms. The topological polar surface area (TPSA) is 64.0 Å². The third kappa shape index (κ3) is 4.93. The highest BCUT2D eigenvalue weighted by atomic mass is 35.5. The molecular weight excluding hydrogens is 389 g/mol. The van der Waals surface area contributed by atoms with E-state index in [9.17, 15) is 4.39 Å². The van der Waals surface area contributed by atoms with Crippen molar-refractivity contribution in [2.75, 3.05) is 17.7 Å². The molecule has 27 heavy (non-hydrogen) atoms. The number of hydrogen-bond donors (Lipinski definition) is 2. The minimum atomic E-state index is -0.382. The molecule has 0 aliphatic heterocycles. The monoisotopic (exact) mass is 405 g/mol. The van der Waals surface area contributed by atoms with Gasteiger partial charge in [-0.2, -0.15) is 0 Å². The van der Waals surface area contributed by atoms with Crippen LogP contribution in [0, 0.1) is 12.7 Å². The number of benzene rings is 2. The summed E-state index contributed by atoms with van der Waals surface area (Å²) < 4.78 is 20.0. The second kappa shape index (κ2) is 8.32. The molecule has 0 aliphatic carbocycles. The van der Waals surface area contributed by atoms with Crippen LogP contribution in [0.15, 0.2) is 42.7 Å². The molecule has 0 radical (unpaired) electrons. The average molecular weight is 406 g/mol. The molecule has 2 N–H and O–H groups in total. The fourth-order valence-electron chi connectivity index (χ4n) is 2.43. The molecule has 3 aromatic rings. The maximum absolute atomic E-state index is 13.1. The van der Waals surface area contributed by atoms with Crippen LogP contribution in [-0.2, 0) is 6.54 Å². The number of ether oxygens (including phenoxy) is 1. The van der Waals surface area contributed by atoms with Gasteiger partial charge in [0.15, 0.2) is 5.11 Å². The molecule has 0 bridgehead atoms. The zero-order chi connectivity index (χ0) is 19.4. The second-order valence-electron chi connectivity index (χ2n) is 5.78. The Morgan fingerprint density at radius 1 is 1.26 bits per heavy atom. The first kappa shape index (κ1) is 19.1. The van der Waals surface area contributed by atoms with Gasteiger partial charge >= 0.3 is 0 Å². The van der Waals surface area contributed by atoms with E-state index in [0.717, 1.165) is 16.8 Å². The van der Waals surface area contributed by atoms with E-state index < -0.39 is 0 Å². The molecule has 0 saturated carbocycles. The van der Waals surface area contributed by atoms with Crippen LogP contribution < -0.4 is 15.4 Å². The fourth-order valence-corrected chi connectivity index (χ4v) is 2.86. The van der Waals surface area contributed by atoms with Crippen LogP contribution in [0.1, 0.15) is 11.1 Å². The molecule has 0 aliphatic rings. The normalized spacial score (nSPS) is 10.5. The molecule has 0 atom stereocenters. The van der Waals surface area contributed by atoms with Gasteiger partial charge < -0.3 is 10.1 Å². The Morgan fingerprint density at radius 2 is 2.07 bits per heavy atom. The van der Waals surface area contributed by atoms with Crippen molar-refractivity contribution in [2.24, 2.45) is 0 Å². The number of thiocarbonyl (C=S) groups is 1. The molecule has 140 valence electrons. The number of halogens is 2. The maximum Gasteiger partial charge on any atom is 0.248 e. The number of hydrogen-bond acceptors (Lipinski definition) is 4. The molecule has 2 aromatic carbocycles. The van der Waals surface area contributed by atoms with Gasteiger partial charge in [0, 0.05) is 5.02 Å². The average Bonchev–Trinajstić information content (AvgIpc) is 3.04. The highest BCUT2D eigenvalue weighted by Crippen LogP contribution is 2.25. The van der Waals surface area contributed by atoms with Crippen molar-refractivity contribution in [1.82, 2.24) is 14.8 Å². The summed E-state index contributed by atoms with van der Waals surface area (Å²) in [5, 5.41) is 10.9. The molecule has 1 aromatic heterocycles. The van der Waals surface area contributed by atoms with E-state index in [1.807, 2.05) is 25.1 Å². The number of aryl methyl sites for hydroxylation is 1. The minimum Gasteiger partial charge on any atom is -0.495 e. The van der Waals surface area contributed by atoms with Crippen molar-refractivity contribution < 1.29 is 9.13 Å². The summed E-state index contributed by atoms with van der Waals surface area (Å²) in [7, 11) is 1.59. The Bertz CT molecular complexity index is 978. The van der Waals surface area contributed by atoms with Gasteiger partial charge in [-0.15, -0.1) is 5.10 Å². The summed E-state index contributed by atoms with van der Waals surface area (Å²) in [6.07, 6.45) is 1.54.